The number of nitrogens with one attached hydrogen (secondary N) is 2. The van der Waals surface area contributed by atoms with Gasteiger partial charge in [-0.15, -0.1) is 23.1 Å². The molecule has 1 aromatic rings. The number of nitrogens with zero attached hydrogens (tertiary/aromatic N) is 3. The number of carbonyl (C=O) groups excluding carboxylic acids is 3. The monoisotopic (exact) mass is 439 g/mol. The summed E-state index contributed by atoms with van der Waals surface area (Å²) in [5.74, 6) is -2.41. The van der Waals surface area contributed by atoms with Gasteiger partial charge in [-0.3, -0.25) is 19.3 Å². The van der Waals surface area contributed by atoms with Crippen molar-refractivity contribution in [3.63, 3.8) is 0 Å². The second kappa shape index (κ2) is 8.61. The van der Waals surface area contributed by atoms with Gasteiger partial charge in [0.1, 0.15) is 29.4 Å². The number of hydrogen-bond donors (Lipinski definition) is 3. The molecule has 2 aliphatic heterocycles. The fourth-order valence-electron chi connectivity index (χ4n) is 2.77. The molecule has 1 saturated heterocycles. The third-order valence-electron chi connectivity index (χ3n) is 3.98. The SMILES string of the molecule is CCO/N=C(/C(=O)NC1C(=O)N2C(C(=O)O)=CC(C)SC12)c1csc(NC=O)n1. The van der Waals surface area contributed by atoms with E-state index in [0.29, 0.717) is 6.41 Å². The zero-order valence-electron chi connectivity index (χ0n) is 15.3. The third-order valence-corrected chi connectivity index (χ3v) is 6.08. The first-order valence-electron chi connectivity index (χ1n) is 8.47. The molecule has 13 heteroatoms. The van der Waals surface area contributed by atoms with E-state index in [4.69, 9.17) is 4.84 Å². The number of carboxylic acids is 1. The number of oxime groups is 1. The quantitative estimate of drug-likeness (QED) is 0.225. The predicted octanol–water partition coefficient (Wildman–Crippen LogP) is 0.209. The highest BCUT2D eigenvalue weighted by atomic mass is 32.2. The highest BCUT2D eigenvalue weighted by molar-refractivity contribution is 8.00. The maximum atomic E-state index is 12.8. The van der Waals surface area contributed by atoms with Crippen molar-refractivity contribution in [3.05, 3.63) is 22.8 Å². The average Bonchev–Trinajstić information content (AvgIpc) is 3.14. The van der Waals surface area contributed by atoms with Gasteiger partial charge < -0.3 is 20.6 Å². The van der Waals surface area contributed by atoms with Crippen molar-refractivity contribution in [2.24, 2.45) is 5.16 Å². The van der Waals surface area contributed by atoms with Crippen LogP contribution in [0.25, 0.3) is 0 Å². The van der Waals surface area contributed by atoms with Gasteiger partial charge in [-0.05, 0) is 19.9 Å². The van der Waals surface area contributed by atoms with Crippen LogP contribution >= 0.6 is 23.1 Å². The molecule has 3 heterocycles. The number of thiazole rings is 1. The molecule has 2 aliphatic rings. The lowest BCUT2D eigenvalue weighted by Gasteiger charge is -2.49. The second-order valence-electron chi connectivity index (χ2n) is 5.91. The van der Waals surface area contributed by atoms with E-state index < -0.39 is 29.2 Å². The smallest absolute Gasteiger partial charge is 0.352 e. The predicted molar refractivity (Wildman–Crippen MR) is 105 cm³/mol. The number of aliphatic carboxylic acids is 1. The van der Waals surface area contributed by atoms with Crippen molar-refractivity contribution >= 4 is 58.1 Å². The minimum Gasteiger partial charge on any atom is -0.477 e. The minimum absolute atomic E-state index is 0.0935. The van der Waals surface area contributed by atoms with Crippen molar-refractivity contribution in [1.29, 1.82) is 0 Å². The number of rotatable bonds is 8. The Morgan fingerprint density at radius 3 is 2.90 bits per heavy atom. The van der Waals surface area contributed by atoms with E-state index in [2.05, 4.69) is 20.8 Å². The Labute approximate surface area is 173 Å². The number of carboxylic acid groups (broad SMARTS) is 1. The van der Waals surface area contributed by atoms with Gasteiger partial charge in [0.25, 0.3) is 11.8 Å². The highest BCUT2D eigenvalue weighted by Gasteiger charge is 2.54. The van der Waals surface area contributed by atoms with Crippen LogP contribution in [0.4, 0.5) is 5.13 Å². The van der Waals surface area contributed by atoms with Gasteiger partial charge in [0.2, 0.25) is 6.41 Å². The molecule has 11 nitrogen and oxygen atoms in total. The van der Waals surface area contributed by atoms with Crippen molar-refractivity contribution < 1.29 is 29.1 Å². The summed E-state index contributed by atoms with van der Waals surface area (Å²) in [6.45, 7) is 3.71. The third kappa shape index (κ3) is 4.10. The first-order chi connectivity index (χ1) is 13.9. The van der Waals surface area contributed by atoms with E-state index in [1.807, 2.05) is 6.92 Å². The lowest BCUT2D eigenvalue weighted by Crippen LogP contribution is -2.71. The molecule has 3 rings (SSSR count). The average molecular weight is 439 g/mol. The molecule has 3 N–H and O–H groups in total. The number of thioether (sulfide) groups is 1. The molecule has 0 aliphatic carbocycles. The topological polar surface area (TPSA) is 150 Å². The molecule has 0 radical (unpaired) electrons. The lowest BCUT2D eigenvalue weighted by atomic mass is 10.0. The van der Waals surface area contributed by atoms with Crippen LogP contribution in [0.3, 0.4) is 0 Å². The number of amides is 3. The number of fused-ring (bicyclic) bond motifs is 1. The van der Waals surface area contributed by atoms with Crippen LogP contribution in [0.2, 0.25) is 0 Å². The van der Waals surface area contributed by atoms with Crippen LogP contribution < -0.4 is 10.6 Å². The van der Waals surface area contributed by atoms with Crippen LogP contribution in [0.5, 0.6) is 0 Å². The summed E-state index contributed by atoms with van der Waals surface area (Å²) in [5, 5.41) is 19.2. The molecule has 3 unspecified atom stereocenters. The molecular formula is C16H17N5O6S2. The summed E-state index contributed by atoms with van der Waals surface area (Å²) in [6, 6.07) is -0.906. The molecule has 0 spiro atoms. The Morgan fingerprint density at radius 2 is 2.24 bits per heavy atom. The van der Waals surface area contributed by atoms with Crippen LogP contribution in [-0.2, 0) is 24.0 Å². The van der Waals surface area contributed by atoms with E-state index in [9.17, 15) is 24.3 Å². The van der Waals surface area contributed by atoms with Gasteiger partial charge in [0.05, 0.1) is 0 Å². The number of hydrogen-bond acceptors (Lipinski definition) is 9. The Bertz CT molecular complexity index is 913. The number of β-lactam (4-membered cyclic amide) rings is 1. The molecular weight excluding hydrogens is 422 g/mol. The lowest BCUT2D eigenvalue weighted by molar-refractivity contribution is -0.150. The normalized spacial score (nSPS) is 23.4. The molecule has 1 fully saturated rings. The van der Waals surface area contributed by atoms with E-state index in [1.165, 1.54) is 23.2 Å². The summed E-state index contributed by atoms with van der Waals surface area (Å²) in [5.41, 5.74) is -0.0788. The maximum Gasteiger partial charge on any atom is 0.352 e. The Kier molecular flexibility index (Phi) is 6.17. The summed E-state index contributed by atoms with van der Waals surface area (Å²) in [4.78, 5) is 57.4. The zero-order chi connectivity index (χ0) is 21.1. The van der Waals surface area contributed by atoms with Gasteiger partial charge in [0.15, 0.2) is 10.8 Å². The van der Waals surface area contributed by atoms with Crippen LogP contribution in [0.1, 0.15) is 19.5 Å². The zero-order valence-corrected chi connectivity index (χ0v) is 17.0. The van der Waals surface area contributed by atoms with E-state index >= 15 is 0 Å². The van der Waals surface area contributed by atoms with E-state index in [-0.39, 0.29) is 34.1 Å². The van der Waals surface area contributed by atoms with Gasteiger partial charge in [-0.25, -0.2) is 9.78 Å². The summed E-state index contributed by atoms with van der Waals surface area (Å²) in [7, 11) is 0. The Balaban J connectivity index is 1.78. The molecule has 0 aromatic carbocycles. The minimum atomic E-state index is -1.20. The molecule has 3 amide bonds. The Hall–Kier alpha value is -2.93. The van der Waals surface area contributed by atoms with Gasteiger partial charge in [-0.1, -0.05) is 5.16 Å². The number of carbonyl (C=O) groups is 4. The molecule has 1 aromatic heterocycles. The molecule has 0 bridgehead atoms. The van der Waals surface area contributed by atoms with Crippen molar-refractivity contribution in [2.45, 2.75) is 30.5 Å². The summed E-state index contributed by atoms with van der Waals surface area (Å²) < 4.78 is 0. The van der Waals surface area contributed by atoms with Crippen LogP contribution in [-0.4, -0.2) is 68.2 Å². The fourth-order valence-corrected chi connectivity index (χ4v) is 4.75. The molecule has 154 valence electrons. The van der Waals surface area contributed by atoms with Crippen LogP contribution in [0.15, 0.2) is 22.3 Å². The first-order valence-corrected chi connectivity index (χ1v) is 10.3. The second-order valence-corrected chi connectivity index (χ2v) is 8.26. The summed E-state index contributed by atoms with van der Waals surface area (Å²) in [6.07, 6.45) is 1.96. The van der Waals surface area contributed by atoms with E-state index in [1.54, 1.807) is 6.92 Å². The standard InChI is InChI=1S/C16H17N5O6S2/c1-3-27-20-10(8-5-28-16(18-8)17-6-22)12(23)19-11-13(24)21-9(15(25)26)4-7(2)29-14(11)21/h4-7,11,14H,3H2,1-2H3,(H,19,23)(H,25,26)(H,17,18,22)/b20-10+. The van der Waals surface area contributed by atoms with E-state index in [0.717, 1.165) is 16.2 Å². The highest BCUT2D eigenvalue weighted by Crippen LogP contribution is 2.40. The maximum absolute atomic E-state index is 12.8. The number of anilines is 1. The van der Waals surface area contributed by atoms with Crippen molar-refractivity contribution in [1.82, 2.24) is 15.2 Å². The van der Waals surface area contributed by atoms with Gasteiger partial charge >= 0.3 is 5.97 Å². The first kappa shape index (κ1) is 20.8. The molecule has 29 heavy (non-hydrogen) atoms. The molecule has 3 atom stereocenters. The van der Waals surface area contributed by atoms with Crippen LogP contribution in [0, 0.1) is 0 Å². The van der Waals surface area contributed by atoms with Crippen molar-refractivity contribution in [2.75, 3.05) is 11.9 Å². The number of aromatic nitrogens is 1. The Morgan fingerprint density at radius 1 is 1.48 bits per heavy atom. The van der Waals surface area contributed by atoms with Crippen molar-refractivity contribution in [3.8, 4) is 0 Å². The fraction of sp³-hybridized carbons (Fsp3) is 0.375. The summed E-state index contributed by atoms with van der Waals surface area (Å²) >= 11 is 2.46. The largest absolute Gasteiger partial charge is 0.477 e. The molecule has 0 saturated carbocycles. The van der Waals surface area contributed by atoms with Gasteiger partial charge in [0, 0.05) is 10.6 Å². The van der Waals surface area contributed by atoms with Gasteiger partial charge in [-0.2, -0.15) is 0 Å².